The Morgan fingerprint density at radius 3 is 2.55 bits per heavy atom. The van der Waals surface area contributed by atoms with Gasteiger partial charge in [-0.3, -0.25) is 9.59 Å². The zero-order valence-electron chi connectivity index (χ0n) is 12.8. The number of aliphatic carboxylic acids is 1. The molecule has 5 nitrogen and oxygen atoms in total. The Balaban J connectivity index is 2.21. The lowest BCUT2D eigenvalue weighted by atomic mass is 9.79. The van der Waals surface area contributed by atoms with Crippen molar-refractivity contribution in [2.24, 2.45) is 11.8 Å². The quantitative estimate of drug-likeness (QED) is 0.890. The lowest BCUT2D eigenvalue weighted by Crippen LogP contribution is -2.36. The van der Waals surface area contributed by atoms with E-state index >= 15 is 0 Å². The monoisotopic (exact) mass is 320 g/mol. The van der Waals surface area contributed by atoms with Gasteiger partial charge in [-0.15, -0.1) is 11.3 Å². The molecule has 118 valence electrons. The normalized spacial score (nSPS) is 21.1. The van der Waals surface area contributed by atoms with Crippen LogP contribution in [0.1, 0.15) is 48.6 Å². The zero-order valence-corrected chi connectivity index (χ0v) is 13.6. The number of nitrogens with zero attached hydrogens (tertiary/aromatic N) is 1. The summed E-state index contributed by atoms with van der Waals surface area (Å²) in [7, 11) is 0. The SMILES string of the molecule is CCc1c(C)sc(NC(=O)C2CCCCC2C(=O)O)c1C#N. The number of hydrogen-bond donors (Lipinski definition) is 2. The van der Waals surface area contributed by atoms with E-state index in [2.05, 4.69) is 11.4 Å². The van der Waals surface area contributed by atoms with E-state index in [1.54, 1.807) is 0 Å². The van der Waals surface area contributed by atoms with Crippen molar-refractivity contribution in [3.05, 3.63) is 16.0 Å². The Morgan fingerprint density at radius 2 is 2.00 bits per heavy atom. The summed E-state index contributed by atoms with van der Waals surface area (Å²) in [6.45, 7) is 3.91. The third kappa shape index (κ3) is 3.14. The molecule has 2 rings (SSSR count). The topological polar surface area (TPSA) is 90.2 Å². The first-order chi connectivity index (χ1) is 10.5. The molecular weight excluding hydrogens is 300 g/mol. The van der Waals surface area contributed by atoms with Gasteiger partial charge in [0.1, 0.15) is 11.1 Å². The highest BCUT2D eigenvalue weighted by atomic mass is 32.1. The van der Waals surface area contributed by atoms with E-state index < -0.39 is 17.8 Å². The van der Waals surface area contributed by atoms with Gasteiger partial charge >= 0.3 is 5.97 Å². The maximum absolute atomic E-state index is 12.5. The van der Waals surface area contributed by atoms with Crippen LogP contribution in [0.2, 0.25) is 0 Å². The molecule has 0 aliphatic heterocycles. The molecule has 1 aliphatic carbocycles. The fraction of sp³-hybridized carbons (Fsp3) is 0.562. The molecule has 1 aromatic rings. The van der Waals surface area contributed by atoms with E-state index in [1.165, 1.54) is 11.3 Å². The molecule has 0 saturated heterocycles. The first-order valence-electron chi connectivity index (χ1n) is 7.55. The predicted octanol–water partition coefficient (Wildman–Crippen LogP) is 3.32. The van der Waals surface area contributed by atoms with Gasteiger partial charge in [-0.1, -0.05) is 19.8 Å². The third-order valence-corrected chi connectivity index (χ3v) is 5.39. The number of amides is 1. The Bertz CT molecular complexity index is 630. The molecule has 0 aromatic carbocycles. The van der Waals surface area contributed by atoms with E-state index in [-0.39, 0.29) is 5.91 Å². The summed E-state index contributed by atoms with van der Waals surface area (Å²) >= 11 is 1.39. The lowest BCUT2D eigenvalue weighted by Gasteiger charge is -2.27. The molecule has 1 amide bonds. The number of thiophene rings is 1. The van der Waals surface area contributed by atoms with Gasteiger partial charge in [0, 0.05) is 4.88 Å². The van der Waals surface area contributed by atoms with Crippen molar-refractivity contribution in [2.45, 2.75) is 46.0 Å². The van der Waals surface area contributed by atoms with E-state index in [4.69, 9.17) is 0 Å². The van der Waals surface area contributed by atoms with E-state index in [9.17, 15) is 20.0 Å². The smallest absolute Gasteiger partial charge is 0.307 e. The number of carboxylic acid groups (broad SMARTS) is 1. The Kier molecular flexibility index (Phi) is 5.19. The molecule has 6 heteroatoms. The Labute approximate surface area is 134 Å². The zero-order chi connectivity index (χ0) is 16.3. The van der Waals surface area contributed by atoms with E-state index in [0.717, 1.165) is 29.7 Å². The van der Waals surface area contributed by atoms with Crippen LogP contribution in [0.25, 0.3) is 0 Å². The fourth-order valence-corrected chi connectivity index (χ4v) is 4.25. The number of carbonyl (C=O) groups excluding carboxylic acids is 1. The summed E-state index contributed by atoms with van der Waals surface area (Å²) in [5.74, 6) is -2.30. The van der Waals surface area contributed by atoms with Gasteiger partial charge in [0.25, 0.3) is 0 Å². The standard InChI is InChI=1S/C16H20N2O3S/c1-3-10-9(2)22-15(13(10)8-17)18-14(19)11-6-4-5-7-12(11)16(20)21/h11-12H,3-7H2,1-2H3,(H,18,19)(H,20,21). The second kappa shape index (κ2) is 6.93. The third-order valence-electron chi connectivity index (χ3n) is 4.33. The number of hydrogen-bond acceptors (Lipinski definition) is 4. The maximum Gasteiger partial charge on any atom is 0.307 e. The number of nitrogens with one attached hydrogen (secondary N) is 1. The van der Waals surface area contributed by atoms with Crippen molar-refractivity contribution < 1.29 is 14.7 Å². The summed E-state index contributed by atoms with van der Waals surface area (Å²) in [4.78, 5) is 24.8. The maximum atomic E-state index is 12.5. The van der Waals surface area contributed by atoms with Gasteiger partial charge < -0.3 is 10.4 Å². The van der Waals surface area contributed by atoms with Crippen molar-refractivity contribution >= 4 is 28.2 Å². The minimum Gasteiger partial charge on any atom is -0.481 e. The number of rotatable bonds is 4. The molecule has 1 fully saturated rings. The lowest BCUT2D eigenvalue weighted by molar-refractivity contribution is -0.147. The molecule has 2 N–H and O–H groups in total. The fourth-order valence-electron chi connectivity index (χ4n) is 3.16. The van der Waals surface area contributed by atoms with Gasteiger partial charge in [0.2, 0.25) is 5.91 Å². The van der Waals surface area contributed by atoms with Crippen LogP contribution in [-0.2, 0) is 16.0 Å². The largest absolute Gasteiger partial charge is 0.481 e. The second-order valence-electron chi connectivity index (χ2n) is 5.63. The van der Waals surface area contributed by atoms with Gasteiger partial charge in [0.05, 0.1) is 17.4 Å². The van der Waals surface area contributed by atoms with Crippen molar-refractivity contribution in [2.75, 3.05) is 5.32 Å². The van der Waals surface area contributed by atoms with Crippen molar-refractivity contribution in [3.63, 3.8) is 0 Å². The Morgan fingerprint density at radius 1 is 1.36 bits per heavy atom. The number of carbonyl (C=O) groups is 2. The molecule has 2 unspecified atom stereocenters. The molecule has 0 bridgehead atoms. The molecular formula is C16H20N2O3S. The van der Waals surface area contributed by atoms with Crippen LogP contribution in [0.4, 0.5) is 5.00 Å². The molecule has 2 atom stereocenters. The molecule has 0 radical (unpaired) electrons. The molecule has 0 spiro atoms. The van der Waals surface area contributed by atoms with Crippen molar-refractivity contribution in [3.8, 4) is 6.07 Å². The summed E-state index contributed by atoms with van der Waals surface area (Å²) in [6.07, 6.45) is 3.60. The number of carboxylic acids is 1. The molecule has 1 saturated carbocycles. The predicted molar refractivity (Wildman–Crippen MR) is 84.9 cm³/mol. The minimum absolute atomic E-state index is 0.271. The minimum atomic E-state index is -0.906. The second-order valence-corrected chi connectivity index (χ2v) is 6.86. The molecule has 1 aliphatic rings. The van der Waals surface area contributed by atoms with Crippen LogP contribution in [-0.4, -0.2) is 17.0 Å². The molecule has 22 heavy (non-hydrogen) atoms. The van der Waals surface area contributed by atoms with Crippen LogP contribution in [0.15, 0.2) is 0 Å². The highest BCUT2D eigenvalue weighted by Gasteiger charge is 2.36. The van der Waals surface area contributed by atoms with Crippen LogP contribution in [0, 0.1) is 30.1 Å². The molecule has 1 aromatic heterocycles. The number of aryl methyl sites for hydroxylation is 1. The van der Waals surface area contributed by atoms with Gasteiger partial charge in [-0.2, -0.15) is 5.26 Å². The van der Waals surface area contributed by atoms with Gasteiger partial charge in [-0.05, 0) is 31.7 Å². The first kappa shape index (κ1) is 16.5. The van der Waals surface area contributed by atoms with E-state index in [1.807, 2.05) is 13.8 Å². The average molecular weight is 320 g/mol. The van der Waals surface area contributed by atoms with Crippen LogP contribution in [0.5, 0.6) is 0 Å². The van der Waals surface area contributed by atoms with Gasteiger partial charge in [-0.25, -0.2) is 0 Å². The average Bonchev–Trinajstić information content (AvgIpc) is 2.81. The first-order valence-corrected chi connectivity index (χ1v) is 8.37. The highest BCUT2D eigenvalue weighted by molar-refractivity contribution is 7.16. The van der Waals surface area contributed by atoms with Crippen LogP contribution in [0.3, 0.4) is 0 Å². The molecule has 1 heterocycles. The number of anilines is 1. The summed E-state index contributed by atoms with van der Waals surface area (Å²) in [6, 6.07) is 2.16. The van der Waals surface area contributed by atoms with Crippen molar-refractivity contribution in [1.29, 1.82) is 5.26 Å². The van der Waals surface area contributed by atoms with E-state index in [0.29, 0.717) is 23.4 Å². The van der Waals surface area contributed by atoms with Crippen molar-refractivity contribution in [1.82, 2.24) is 0 Å². The Hall–Kier alpha value is -1.87. The summed E-state index contributed by atoms with van der Waals surface area (Å²) in [5, 5.41) is 22.0. The van der Waals surface area contributed by atoms with Crippen LogP contribution < -0.4 is 5.32 Å². The summed E-state index contributed by atoms with van der Waals surface area (Å²) in [5.41, 5.74) is 1.47. The van der Waals surface area contributed by atoms with Gasteiger partial charge in [0.15, 0.2) is 0 Å². The van der Waals surface area contributed by atoms with Crippen LogP contribution >= 0.6 is 11.3 Å². The number of nitriles is 1. The summed E-state index contributed by atoms with van der Waals surface area (Å²) < 4.78 is 0. The highest BCUT2D eigenvalue weighted by Crippen LogP contribution is 2.35.